The zero-order valence-corrected chi connectivity index (χ0v) is 13.4. The second-order valence-electron chi connectivity index (χ2n) is 4.88. The van der Waals surface area contributed by atoms with Gasteiger partial charge in [0.15, 0.2) is 5.82 Å². The first-order valence-corrected chi connectivity index (χ1v) is 7.80. The monoisotopic (exact) mass is 344 g/mol. The van der Waals surface area contributed by atoms with Crippen LogP contribution in [0.1, 0.15) is 38.2 Å². The molecule has 1 aromatic rings. The molecule has 104 valence electrons. The minimum absolute atomic E-state index is 0.211. The minimum Gasteiger partial charge on any atom is -0.389 e. The molecule has 2 N–H and O–H groups in total. The zero-order chi connectivity index (χ0) is 14.0. The van der Waals surface area contributed by atoms with Crippen molar-refractivity contribution in [2.75, 3.05) is 11.4 Å². The molecule has 1 aliphatic heterocycles. The van der Waals surface area contributed by atoms with Crippen LogP contribution in [-0.4, -0.2) is 17.6 Å². The Balaban J connectivity index is 2.39. The Labute approximate surface area is 127 Å². The van der Waals surface area contributed by atoms with E-state index in [1.165, 1.54) is 6.42 Å². The van der Waals surface area contributed by atoms with Crippen LogP contribution < -0.4 is 10.6 Å². The Morgan fingerprint density at radius 3 is 2.89 bits per heavy atom. The highest BCUT2D eigenvalue weighted by Crippen LogP contribution is 2.33. The van der Waals surface area contributed by atoms with Crippen molar-refractivity contribution >= 4 is 38.8 Å². The maximum Gasteiger partial charge on any atom is 0.161 e. The molecule has 1 unspecified atom stereocenters. The minimum atomic E-state index is -0.259. The molecule has 1 saturated heterocycles. The third-order valence-corrected chi connectivity index (χ3v) is 4.73. The van der Waals surface area contributed by atoms with E-state index in [0.29, 0.717) is 21.8 Å². The SMILES string of the molecule is CCC1CCCCN1c1ccc(C(N)=S)c(Br)c1F. The Hall–Kier alpha value is -0.680. The van der Waals surface area contributed by atoms with Crippen molar-refractivity contribution in [3.05, 3.63) is 28.0 Å². The summed E-state index contributed by atoms with van der Waals surface area (Å²) < 4.78 is 14.9. The number of anilines is 1. The van der Waals surface area contributed by atoms with Gasteiger partial charge in [0.2, 0.25) is 0 Å². The summed E-state index contributed by atoms with van der Waals surface area (Å²) in [5, 5.41) is 0. The first-order valence-electron chi connectivity index (χ1n) is 6.60. The van der Waals surface area contributed by atoms with E-state index in [2.05, 4.69) is 27.8 Å². The highest BCUT2D eigenvalue weighted by molar-refractivity contribution is 9.10. The lowest BCUT2D eigenvalue weighted by Crippen LogP contribution is -2.39. The summed E-state index contributed by atoms with van der Waals surface area (Å²) in [6, 6.07) is 4.01. The van der Waals surface area contributed by atoms with Crippen LogP contribution in [0.5, 0.6) is 0 Å². The number of hydrogen-bond donors (Lipinski definition) is 1. The first-order chi connectivity index (χ1) is 9.06. The van der Waals surface area contributed by atoms with Crippen molar-refractivity contribution in [1.82, 2.24) is 0 Å². The summed E-state index contributed by atoms with van der Waals surface area (Å²) in [4.78, 5) is 2.38. The van der Waals surface area contributed by atoms with Crippen LogP contribution in [0.25, 0.3) is 0 Å². The lowest BCUT2D eigenvalue weighted by atomic mass is 9.99. The van der Waals surface area contributed by atoms with E-state index < -0.39 is 0 Å². The molecule has 1 aromatic carbocycles. The molecule has 1 fully saturated rings. The van der Waals surface area contributed by atoms with E-state index in [1.54, 1.807) is 12.1 Å². The fraction of sp³-hybridized carbons (Fsp3) is 0.500. The quantitative estimate of drug-likeness (QED) is 0.840. The van der Waals surface area contributed by atoms with Gasteiger partial charge in [0.25, 0.3) is 0 Å². The largest absolute Gasteiger partial charge is 0.389 e. The molecule has 0 radical (unpaired) electrons. The molecular weight excluding hydrogens is 327 g/mol. The van der Waals surface area contributed by atoms with Crippen molar-refractivity contribution in [2.24, 2.45) is 5.73 Å². The Morgan fingerprint density at radius 1 is 1.53 bits per heavy atom. The van der Waals surface area contributed by atoms with Crippen LogP contribution in [-0.2, 0) is 0 Å². The van der Waals surface area contributed by atoms with Crippen molar-refractivity contribution in [3.8, 4) is 0 Å². The number of nitrogens with two attached hydrogens (primary N) is 1. The maximum atomic E-state index is 14.5. The summed E-state index contributed by atoms with van der Waals surface area (Å²) in [5.41, 5.74) is 6.79. The number of piperidine rings is 1. The van der Waals surface area contributed by atoms with E-state index >= 15 is 0 Å². The van der Waals surface area contributed by atoms with Gasteiger partial charge in [-0.3, -0.25) is 0 Å². The molecule has 2 rings (SSSR count). The van der Waals surface area contributed by atoms with Crippen LogP contribution in [0.2, 0.25) is 0 Å². The third-order valence-electron chi connectivity index (χ3n) is 3.74. The van der Waals surface area contributed by atoms with Crippen molar-refractivity contribution in [3.63, 3.8) is 0 Å². The number of rotatable bonds is 3. The van der Waals surface area contributed by atoms with E-state index in [0.717, 1.165) is 25.8 Å². The van der Waals surface area contributed by atoms with Crippen LogP contribution in [0.3, 0.4) is 0 Å². The van der Waals surface area contributed by atoms with Gasteiger partial charge in [0.1, 0.15) is 4.99 Å². The molecule has 0 aromatic heterocycles. The summed E-state index contributed by atoms with van der Waals surface area (Å²) in [5.74, 6) is -0.259. The second-order valence-corrected chi connectivity index (χ2v) is 6.11. The molecule has 5 heteroatoms. The van der Waals surface area contributed by atoms with Gasteiger partial charge in [0.05, 0.1) is 10.2 Å². The highest BCUT2D eigenvalue weighted by atomic mass is 79.9. The van der Waals surface area contributed by atoms with E-state index in [4.69, 9.17) is 18.0 Å². The molecule has 2 nitrogen and oxygen atoms in total. The van der Waals surface area contributed by atoms with Crippen LogP contribution >= 0.6 is 28.1 Å². The fourth-order valence-corrected chi connectivity index (χ4v) is 3.54. The third kappa shape index (κ3) is 2.92. The molecular formula is C14H18BrFN2S. The van der Waals surface area contributed by atoms with Crippen molar-refractivity contribution in [1.29, 1.82) is 0 Å². The van der Waals surface area contributed by atoms with Gasteiger partial charge in [-0.2, -0.15) is 0 Å². The molecule has 19 heavy (non-hydrogen) atoms. The topological polar surface area (TPSA) is 29.3 Å². The summed E-state index contributed by atoms with van der Waals surface area (Å²) in [6.45, 7) is 3.06. The van der Waals surface area contributed by atoms with Gasteiger partial charge in [-0.05, 0) is 53.7 Å². The molecule has 0 aliphatic carbocycles. The molecule has 0 bridgehead atoms. The fourth-order valence-electron chi connectivity index (χ4n) is 2.69. The van der Waals surface area contributed by atoms with E-state index in [1.807, 2.05) is 0 Å². The average molecular weight is 345 g/mol. The van der Waals surface area contributed by atoms with Gasteiger partial charge in [-0.25, -0.2) is 4.39 Å². The average Bonchev–Trinajstić information content (AvgIpc) is 2.41. The van der Waals surface area contributed by atoms with E-state index in [9.17, 15) is 4.39 Å². The van der Waals surface area contributed by atoms with Crippen LogP contribution in [0.4, 0.5) is 10.1 Å². The smallest absolute Gasteiger partial charge is 0.161 e. The normalized spacial score (nSPS) is 19.5. The Bertz CT molecular complexity index is 493. The maximum absolute atomic E-state index is 14.5. The number of nitrogens with zero attached hydrogens (tertiary/aromatic N) is 1. The van der Waals surface area contributed by atoms with Gasteiger partial charge in [-0.1, -0.05) is 19.1 Å². The predicted octanol–water partition coefficient (Wildman–Crippen LogP) is 3.99. The number of hydrogen-bond acceptors (Lipinski definition) is 2. The van der Waals surface area contributed by atoms with Crippen molar-refractivity contribution in [2.45, 2.75) is 38.6 Å². The molecule has 1 heterocycles. The summed E-state index contributed by atoms with van der Waals surface area (Å²) in [7, 11) is 0. The molecule has 0 spiro atoms. The second kappa shape index (κ2) is 6.18. The van der Waals surface area contributed by atoms with Gasteiger partial charge >= 0.3 is 0 Å². The zero-order valence-electron chi connectivity index (χ0n) is 11.0. The Morgan fingerprint density at radius 2 is 2.26 bits per heavy atom. The Kier molecular flexibility index (Phi) is 4.79. The number of thiocarbonyl (C=S) groups is 1. The van der Waals surface area contributed by atoms with Crippen molar-refractivity contribution < 1.29 is 4.39 Å². The van der Waals surface area contributed by atoms with Gasteiger partial charge < -0.3 is 10.6 Å². The summed E-state index contributed by atoms with van der Waals surface area (Å²) in [6.07, 6.45) is 4.51. The molecule has 1 atom stereocenters. The number of halogens is 2. The van der Waals surface area contributed by atoms with Crippen LogP contribution in [0, 0.1) is 5.82 Å². The van der Waals surface area contributed by atoms with E-state index in [-0.39, 0.29) is 10.8 Å². The first kappa shape index (κ1) is 14.7. The molecule has 1 aliphatic rings. The molecule has 0 saturated carbocycles. The predicted molar refractivity (Wildman–Crippen MR) is 85.3 cm³/mol. The molecule has 0 amide bonds. The lowest BCUT2D eigenvalue weighted by molar-refractivity contribution is 0.443. The highest BCUT2D eigenvalue weighted by Gasteiger charge is 2.25. The standard InChI is InChI=1S/C14H18BrFN2S/c1-2-9-5-3-4-8-18(9)11-7-6-10(14(17)19)12(15)13(11)16/h6-7,9H,2-5,8H2,1H3,(H2,17,19). The number of benzene rings is 1. The van der Waals surface area contributed by atoms with Gasteiger partial charge in [-0.15, -0.1) is 0 Å². The lowest BCUT2D eigenvalue weighted by Gasteiger charge is -2.37. The summed E-state index contributed by atoms with van der Waals surface area (Å²) >= 11 is 8.19. The van der Waals surface area contributed by atoms with Crippen LogP contribution in [0.15, 0.2) is 16.6 Å². The van der Waals surface area contributed by atoms with Gasteiger partial charge in [0, 0.05) is 18.2 Å².